The molecule has 0 fully saturated rings. The van der Waals surface area contributed by atoms with Gasteiger partial charge in [0, 0.05) is 43.6 Å². The lowest BCUT2D eigenvalue weighted by Crippen LogP contribution is -2.37. The second-order valence-corrected chi connectivity index (χ2v) is 5.75. The molecule has 2 rings (SSSR count). The normalized spacial score (nSPS) is 11.1. The van der Waals surface area contributed by atoms with Crippen molar-refractivity contribution in [3.05, 3.63) is 34.5 Å². The Morgan fingerprint density at radius 3 is 2.91 bits per heavy atom. The van der Waals surface area contributed by atoms with Crippen LogP contribution in [0.4, 0.5) is 0 Å². The van der Waals surface area contributed by atoms with Gasteiger partial charge in [0.1, 0.15) is 5.01 Å². The van der Waals surface area contributed by atoms with Crippen molar-refractivity contribution in [3.8, 4) is 0 Å². The van der Waals surface area contributed by atoms with Gasteiger partial charge in [0.25, 0.3) is 0 Å². The second kappa shape index (κ2) is 10.5. The van der Waals surface area contributed by atoms with Crippen LogP contribution in [0.5, 0.6) is 0 Å². The minimum absolute atomic E-state index is 0. The van der Waals surface area contributed by atoms with E-state index in [4.69, 9.17) is 0 Å². The summed E-state index contributed by atoms with van der Waals surface area (Å²) in [5.74, 6) is 0.809. The van der Waals surface area contributed by atoms with Crippen LogP contribution >= 0.6 is 35.3 Å². The van der Waals surface area contributed by atoms with Crippen LogP contribution in [0, 0.1) is 0 Å². The van der Waals surface area contributed by atoms with E-state index in [1.54, 1.807) is 24.6 Å². The lowest BCUT2D eigenvalue weighted by Gasteiger charge is -2.10. The molecule has 22 heavy (non-hydrogen) atoms. The van der Waals surface area contributed by atoms with Gasteiger partial charge in [-0.3, -0.25) is 9.67 Å². The summed E-state index contributed by atoms with van der Waals surface area (Å²) in [6.07, 6.45) is 7.76. The third-order valence-corrected chi connectivity index (χ3v) is 4.14. The van der Waals surface area contributed by atoms with E-state index in [1.807, 2.05) is 23.1 Å². The fourth-order valence-electron chi connectivity index (χ4n) is 1.85. The number of thiazole rings is 1. The van der Waals surface area contributed by atoms with Gasteiger partial charge >= 0.3 is 0 Å². The van der Waals surface area contributed by atoms with E-state index in [0.717, 1.165) is 36.9 Å². The Balaban J connectivity index is 0.00000242. The predicted octanol–water partition coefficient (Wildman–Crippen LogP) is 2.28. The van der Waals surface area contributed by atoms with Gasteiger partial charge in [0.2, 0.25) is 0 Å². The first-order valence-electron chi connectivity index (χ1n) is 7.17. The van der Waals surface area contributed by atoms with Crippen molar-refractivity contribution in [2.75, 3.05) is 13.6 Å². The molecule has 2 N–H and O–H groups in total. The summed E-state index contributed by atoms with van der Waals surface area (Å²) in [5.41, 5.74) is 0. The number of halogens is 1. The first kappa shape index (κ1) is 18.9. The highest BCUT2D eigenvalue weighted by molar-refractivity contribution is 14.0. The van der Waals surface area contributed by atoms with Crippen molar-refractivity contribution >= 4 is 41.3 Å². The number of hydrogen-bond acceptors (Lipinski definition) is 4. The van der Waals surface area contributed by atoms with Gasteiger partial charge in [-0.25, -0.2) is 4.98 Å². The van der Waals surface area contributed by atoms with Crippen molar-refractivity contribution in [3.63, 3.8) is 0 Å². The zero-order chi connectivity index (χ0) is 14.9. The molecule has 0 amide bonds. The molecule has 0 unspecified atom stereocenters. The van der Waals surface area contributed by atoms with Crippen LogP contribution in [0.3, 0.4) is 0 Å². The first-order valence-corrected chi connectivity index (χ1v) is 7.99. The Morgan fingerprint density at radius 1 is 1.41 bits per heavy atom. The Hall–Kier alpha value is -1.16. The molecule has 0 saturated carbocycles. The van der Waals surface area contributed by atoms with Gasteiger partial charge in [-0.05, 0) is 18.9 Å². The number of rotatable bonds is 7. The molecule has 0 saturated heterocycles. The molecular weight excluding hydrogens is 411 g/mol. The van der Waals surface area contributed by atoms with E-state index in [2.05, 4.69) is 32.6 Å². The molecule has 0 atom stereocenters. The Kier molecular flexibility index (Phi) is 9.05. The molecular formula is C14H23IN6S. The highest BCUT2D eigenvalue weighted by Crippen LogP contribution is 2.12. The first-order chi connectivity index (χ1) is 10.3. The Morgan fingerprint density at radius 2 is 2.27 bits per heavy atom. The van der Waals surface area contributed by atoms with E-state index in [0.29, 0.717) is 6.54 Å². The third-order valence-electron chi connectivity index (χ3n) is 3.00. The molecule has 0 radical (unpaired) electrons. The molecule has 2 heterocycles. The summed E-state index contributed by atoms with van der Waals surface area (Å²) >= 11 is 1.74. The van der Waals surface area contributed by atoms with Crippen molar-refractivity contribution < 1.29 is 0 Å². The zero-order valence-corrected chi connectivity index (χ0v) is 16.1. The van der Waals surface area contributed by atoms with E-state index in [9.17, 15) is 0 Å². The van der Waals surface area contributed by atoms with Gasteiger partial charge < -0.3 is 10.6 Å². The minimum atomic E-state index is 0. The molecule has 0 spiro atoms. The fraction of sp³-hybridized carbons (Fsp3) is 0.500. The molecule has 0 aromatic carbocycles. The van der Waals surface area contributed by atoms with Crippen molar-refractivity contribution in [1.29, 1.82) is 0 Å². The number of nitrogens with one attached hydrogen (secondary N) is 2. The van der Waals surface area contributed by atoms with Gasteiger partial charge in [0.05, 0.1) is 6.54 Å². The average molecular weight is 434 g/mol. The fourth-order valence-corrected chi connectivity index (χ4v) is 2.66. The molecule has 6 nitrogen and oxygen atoms in total. The van der Waals surface area contributed by atoms with E-state index in [1.165, 1.54) is 4.88 Å². The summed E-state index contributed by atoms with van der Waals surface area (Å²) in [6.45, 7) is 4.62. The number of hydrogen-bond donors (Lipinski definition) is 2. The minimum Gasteiger partial charge on any atom is -0.356 e. The van der Waals surface area contributed by atoms with Crippen LogP contribution < -0.4 is 10.6 Å². The van der Waals surface area contributed by atoms with E-state index < -0.39 is 0 Å². The summed E-state index contributed by atoms with van der Waals surface area (Å²) in [7, 11) is 1.78. The van der Waals surface area contributed by atoms with E-state index >= 15 is 0 Å². The number of aromatic nitrogens is 3. The SMILES string of the molecule is CCc1cnc(CNC(=NC)NCCCn2cccn2)s1.I. The van der Waals surface area contributed by atoms with E-state index in [-0.39, 0.29) is 24.0 Å². The maximum absolute atomic E-state index is 4.39. The Labute approximate surface area is 152 Å². The predicted molar refractivity (Wildman–Crippen MR) is 102 cm³/mol. The summed E-state index contributed by atoms with van der Waals surface area (Å²) in [4.78, 5) is 9.91. The smallest absolute Gasteiger partial charge is 0.191 e. The second-order valence-electron chi connectivity index (χ2n) is 4.55. The molecule has 0 aliphatic carbocycles. The number of nitrogens with zero attached hydrogens (tertiary/aromatic N) is 4. The molecule has 0 aliphatic rings. The lowest BCUT2D eigenvalue weighted by atomic mass is 10.4. The average Bonchev–Trinajstić information content (AvgIpc) is 3.17. The van der Waals surface area contributed by atoms with Crippen LogP contribution in [0.15, 0.2) is 29.6 Å². The highest BCUT2D eigenvalue weighted by atomic mass is 127. The van der Waals surface area contributed by atoms with Gasteiger partial charge in [-0.2, -0.15) is 5.10 Å². The molecule has 122 valence electrons. The monoisotopic (exact) mass is 434 g/mol. The van der Waals surface area contributed by atoms with Gasteiger partial charge in [0.15, 0.2) is 5.96 Å². The largest absolute Gasteiger partial charge is 0.356 e. The van der Waals surface area contributed by atoms with Crippen molar-refractivity contribution in [1.82, 2.24) is 25.4 Å². The topological polar surface area (TPSA) is 67.1 Å². The maximum atomic E-state index is 4.39. The molecule has 0 bridgehead atoms. The summed E-state index contributed by atoms with van der Waals surface area (Å²) in [5, 5.41) is 11.8. The summed E-state index contributed by atoms with van der Waals surface area (Å²) in [6, 6.07) is 1.94. The number of aliphatic imine (C=N–C) groups is 1. The van der Waals surface area contributed by atoms with Crippen LogP contribution in [0.1, 0.15) is 23.2 Å². The maximum Gasteiger partial charge on any atom is 0.191 e. The molecule has 2 aromatic heterocycles. The van der Waals surface area contributed by atoms with Crippen molar-refractivity contribution in [2.24, 2.45) is 4.99 Å². The van der Waals surface area contributed by atoms with Gasteiger partial charge in [-0.15, -0.1) is 35.3 Å². The van der Waals surface area contributed by atoms with Crippen LogP contribution in [-0.4, -0.2) is 34.3 Å². The Bertz CT molecular complexity index is 551. The van der Waals surface area contributed by atoms with Crippen molar-refractivity contribution in [2.45, 2.75) is 32.9 Å². The molecule has 8 heteroatoms. The standard InChI is InChI=1S/C14H22N6S.HI/c1-3-12-10-17-13(21-12)11-18-14(15-2)16-6-4-8-20-9-5-7-19-20;/h5,7,9-10H,3-4,6,8,11H2,1-2H3,(H2,15,16,18);1H. The van der Waals surface area contributed by atoms with Crippen LogP contribution in [0.25, 0.3) is 0 Å². The summed E-state index contributed by atoms with van der Waals surface area (Å²) < 4.78 is 1.93. The molecule has 2 aromatic rings. The lowest BCUT2D eigenvalue weighted by molar-refractivity contribution is 0.570. The zero-order valence-electron chi connectivity index (χ0n) is 13.0. The number of aryl methyl sites for hydroxylation is 2. The van der Waals surface area contributed by atoms with Gasteiger partial charge in [-0.1, -0.05) is 6.92 Å². The molecule has 0 aliphatic heterocycles. The highest BCUT2D eigenvalue weighted by Gasteiger charge is 2.02. The van der Waals surface area contributed by atoms with Crippen LogP contribution in [-0.2, 0) is 19.5 Å². The number of guanidine groups is 1. The van der Waals surface area contributed by atoms with Crippen LogP contribution in [0.2, 0.25) is 0 Å². The quantitative estimate of drug-likeness (QED) is 0.304. The third kappa shape index (κ3) is 6.30.